The van der Waals surface area contributed by atoms with Gasteiger partial charge in [-0.05, 0) is 37.7 Å². The molecule has 2 aliphatic heterocycles. The quantitative estimate of drug-likeness (QED) is 0.757. The molecule has 7 nitrogen and oxygen atoms in total. The number of piperazine rings is 1. The number of nitrogens with zero attached hydrogens (tertiary/aromatic N) is 3. The van der Waals surface area contributed by atoms with Crippen molar-refractivity contribution in [3.05, 3.63) is 35.4 Å². The molecule has 8 heteroatoms. The van der Waals surface area contributed by atoms with E-state index in [9.17, 15) is 18.0 Å². The Bertz CT molecular complexity index is 783. The molecule has 2 saturated heterocycles. The number of hydrogen-bond acceptors (Lipinski definition) is 5. The highest BCUT2D eigenvalue weighted by Crippen LogP contribution is 2.19. The van der Waals surface area contributed by atoms with Gasteiger partial charge in [-0.3, -0.25) is 9.59 Å². The first-order chi connectivity index (χ1) is 12.3. The fourth-order valence-corrected chi connectivity index (χ4v) is 5.17. The molecule has 0 saturated carbocycles. The van der Waals surface area contributed by atoms with Crippen LogP contribution in [-0.2, 0) is 9.84 Å². The highest BCUT2D eigenvalue weighted by atomic mass is 32.2. The minimum Gasteiger partial charge on any atom is -0.338 e. The molecule has 1 aromatic rings. The van der Waals surface area contributed by atoms with Crippen LogP contribution < -0.4 is 0 Å². The Morgan fingerprint density at radius 3 is 2.15 bits per heavy atom. The molecule has 0 aromatic heterocycles. The lowest BCUT2D eigenvalue weighted by Gasteiger charge is -2.32. The Morgan fingerprint density at radius 2 is 1.62 bits per heavy atom. The fraction of sp³-hybridized carbons (Fsp3) is 0.556. The zero-order chi connectivity index (χ0) is 18.9. The van der Waals surface area contributed by atoms with E-state index >= 15 is 0 Å². The second-order valence-corrected chi connectivity index (χ2v) is 9.37. The molecule has 2 amide bonds. The first-order valence-electron chi connectivity index (χ1n) is 8.82. The van der Waals surface area contributed by atoms with Gasteiger partial charge in [0, 0.05) is 50.4 Å². The normalized spacial score (nSPS) is 23.0. The summed E-state index contributed by atoms with van der Waals surface area (Å²) < 4.78 is 23.2. The Kier molecular flexibility index (Phi) is 5.34. The molecule has 0 spiro atoms. The molecule has 0 aliphatic carbocycles. The van der Waals surface area contributed by atoms with E-state index in [1.807, 2.05) is 11.9 Å². The number of sulfone groups is 1. The first kappa shape index (κ1) is 18.8. The summed E-state index contributed by atoms with van der Waals surface area (Å²) in [6, 6.07) is 6.36. The number of carbonyl (C=O) groups is 2. The predicted molar refractivity (Wildman–Crippen MR) is 99.0 cm³/mol. The van der Waals surface area contributed by atoms with Crippen LogP contribution in [-0.4, -0.2) is 92.8 Å². The van der Waals surface area contributed by atoms with Crippen molar-refractivity contribution >= 4 is 21.7 Å². The van der Waals surface area contributed by atoms with Gasteiger partial charge in [-0.25, -0.2) is 8.42 Å². The summed E-state index contributed by atoms with van der Waals surface area (Å²) in [4.78, 5) is 30.7. The molecule has 1 atom stereocenters. The fourth-order valence-electron chi connectivity index (χ4n) is 3.40. The zero-order valence-electron chi connectivity index (χ0n) is 15.2. The van der Waals surface area contributed by atoms with Crippen LogP contribution in [0.2, 0.25) is 0 Å². The third-order valence-electron chi connectivity index (χ3n) is 5.25. The van der Waals surface area contributed by atoms with Crippen LogP contribution in [0.1, 0.15) is 27.1 Å². The molecule has 1 aromatic carbocycles. The molecule has 0 N–H and O–H groups in total. The minimum absolute atomic E-state index is 0.0210. The zero-order valence-corrected chi connectivity index (χ0v) is 16.0. The van der Waals surface area contributed by atoms with Gasteiger partial charge in [0.2, 0.25) is 0 Å². The summed E-state index contributed by atoms with van der Waals surface area (Å²) in [5.41, 5.74) is 1.03. The predicted octanol–water partition coefficient (Wildman–Crippen LogP) is 0.333. The third-order valence-corrected chi connectivity index (χ3v) is 7.00. The SMILES string of the molecule is CN1CCN(C(=O)c2ccc(C(=O)N(C)C3CCS(=O)(=O)C3)cc2)CC1. The average Bonchev–Trinajstić information content (AvgIpc) is 3.00. The molecular weight excluding hydrogens is 354 g/mol. The van der Waals surface area contributed by atoms with Crippen LogP contribution in [0.3, 0.4) is 0 Å². The lowest BCUT2D eigenvalue weighted by atomic mass is 10.1. The number of hydrogen-bond donors (Lipinski definition) is 0. The Balaban J connectivity index is 1.65. The molecule has 26 heavy (non-hydrogen) atoms. The van der Waals surface area contributed by atoms with Gasteiger partial charge in [0.1, 0.15) is 0 Å². The minimum atomic E-state index is -3.04. The topological polar surface area (TPSA) is 78.0 Å². The molecule has 2 fully saturated rings. The van der Waals surface area contributed by atoms with Gasteiger partial charge >= 0.3 is 0 Å². The van der Waals surface area contributed by atoms with Crippen LogP contribution in [0.25, 0.3) is 0 Å². The lowest BCUT2D eigenvalue weighted by molar-refractivity contribution is 0.0662. The maximum Gasteiger partial charge on any atom is 0.253 e. The van der Waals surface area contributed by atoms with Gasteiger partial charge in [0.25, 0.3) is 11.8 Å². The summed E-state index contributed by atoms with van der Waals surface area (Å²) in [5.74, 6) is -0.0822. The number of likely N-dealkylation sites (N-methyl/N-ethyl adjacent to an activating group) is 1. The lowest BCUT2D eigenvalue weighted by Crippen LogP contribution is -2.47. The van der Waals surface area contributed by atoms with E-state index in [2.05, 4.69) is 4.90 Å². The van der Waals surface area contributed by atoms with Gasteiger partial charge in [-0.2, -0.15) is 0 Å². The van der Waals surface area contributed by atoms with E-state index in [4.69, 9.17) is 0 Å². The van der Waals surface area contributed by atoms with E-state index in [0.29, 0.717) is 30.6 Å². The smallest absolute Gasteiger partial charge is 0.253 e. The molecule has 2 heterocycles. The van der Waals surface area contributed by atoms with Crippen LogP contribution in [0.4, 0.5) is 0 Å². The van der Waals surface area contributed by atoms with Gasteiger partial charge in [0.05, 0.1) is 11.5 Å². The highest BCUT2D eigenvalue weighted by Gasteiger charge is 2.33. The van der Waals surface area contributed by atoms with E-state index < -0.39 is 9.84 Å². The van der Waals surface area contributed by atoms with Crippen molar-refractivity contribution in [2.45, 2.75) is 12.5 Å². The van der Waals surface area contributed by atoms with Crippen molar-refractivity contribution in [1.29, 1.82) is 0 Å². The van der Waals surface area contributed by atoms with Gasteiger partial charge in [-0.15, -0.1) is 0 Å². The van der Waals surface area contributed by atoms with E-state index in [1.165, 1.54) is 4.90 Å². The van der Waals surface area contributed by atoms with Crippen LogP contribution in [0.5, 0.6) is 0 Å². The van der Waals surface area contributed by atoms with E-state index in [-0.39, 0.29) is 29.4 Å². The highest BCUT2D eigenvalue weighted by molar-refractivity contribution is 7.91. The van der Waals surface area contributed by atoms with E-state index in [0.717, 1.165) is 13.1 Å². The van der Waals surface area contributed by atoms with Crippen molar-refractivity contribution in [2.24, 2.45) is 0 Å². The number of amides is 2. The van der Waals surface area contributed by atoms with E-state index in [1.54, 1.807) is 31.3 Å². The second-order valence-electron chi connectivity index (χ2n) is 7.15. The number of rotatable bonds is 3. The van der Waals surface area contributed by atoms with Crippen molar-refractivity contribution in [1.82, 2.24) is 14.7 Å². The van der Waals surface area contributed by atoms with Crippen LogP contribution in [0, 0.1) is 0 Å². The summed E-state index contributed by atoms with van der Waals surface area (Å²) >= 11 is 0. The molecule has 142 valence electrons. The molecule has 2 aliphatic rings. The number of carbonyl (C=O) groups excluding carboxylic acids is 2. The molecular formula is C18H25N3O4S. The maximum atomic E-state index is 12.6. The Hall–Kier alpha value is -1.93. The molecule has 3 rings (SSSR count). The van der Waals surface area contributed by atoms with Crippen molar-refractivity contribution in [3.63, 3.8) is 0 Å². The summed E-state index contributed by atoms with van der Waals surface area (Å²) in [7, 11) is 0.634. The molecule has 1 unspecified atom stereocenters. The van der Waals surface area contributed by atoms with Crippen molar-refractivity contribution in [3.8, 4) is 0 Å². The van der Waals surface area contributed by atoms with Crippen LogP contribution >= 0.6 is 0 Å². The first-order valence-corrected chi connectivity index (χ1v) is 10.6. The second kappa shape index (κ2) is 7.36. The average molecular weight is 379 g/mol. The van der Waals surface area contributed by atoms with Gasteiger partial charge in [0.15, 0.2) is 9.84 Å². The standard InChI is InChI=1S/C18H25N3O4S/c1-19-8-10-21(11-9-19)18(23)15-5-3-14(4-6-15)17(22)20(2)16-7-12-26(24,25)13-16/h3-6,16H,7-13H2,1-2H3. The monoisotopic (exact) mass is 379 g/mol. The summed E-state index contributed by atoms with van der Waals surface area (Å²) in [6.45, 7) is 3.12. The van der Waals surface area contributed by atoms with Crippen LogP contribution in [0.15, 0.2) is 24.3 Å². The summed E-state index contributed by atoms with van der Waals surface area (Å²) in [6.07, 6.45) is 0.477. The van der Waals surface area contributed by atoms with Gasteiger partial charge in [-0.1, -0.05) is 0 Å². The third kappa shape index (κ3) is 4.07. The maximum absolute atomic E-state index is 12.6. The number of benzene rings is 1. The molecule has 0 bridgehead atoms. The Labute approximate surface area is 154 Å². The largest absolute Gasteiger partial charge is 0.338 e. The molecule has 0 radical (unpaired) electrons. The van der Waals surface area contributed by atoms with Crippen molar-refractivity contribution in [2.75, 3.05) is 51.8 Å². The van der Waals surface area contributed by atoms with Gasteiger partial charge < -0.3 is 14.7 Å². The summed E-state index contributed by atoms with van der Waals surface area (Å²) in [5, 5.41) is 0. The Morgan fingerprint density at radius 1 is 1.04 bits per heavy atom. The van der Waals surface area contributed by atoms with Crippen molar-refractivity contribution < 1.29 is 18.0 Å².